The first-order valence-corrected chi connectivity index (χ1v) is 9.74. The van der Waals surface area contributed by atoms with Crippen molar-refractivity contribution >= 4 is 27.4 Å². The predicted octanol–water partition coefficient (Wildman–Crippen LogP) is 0.540. The second-order valence-corrected chi connectivity index (χ2v) is 8.10. The first-order chi connectivity index (χ1) is 11.4. The lowest BCUT2D eigenvalue weighted by atomic mass is 10.1. The van der Waals surface area contributed by atoms with E-state index in [4.69, 9.17) is 0 Å². The highest BCUT2D eigenvalue weighted by Crippen LogP contribution is 2.11. The first-order valence-electron chi connectivity index (χ1n) is 7.92. The summed E-state index contributed by atoms with van der Waals surface area (Å²) in [4.78, 5) is 15.1. The third-order valence-corrected chi connectivity index (χ3v) is 5.55. The maximum absolute atomic E-state index is 11.5. The van der Waals surface area contributed by atoms with Crippen LogP contribution in [0.5, 0.6) is 0 Å². The van der Waals surface area contributed by atoms with E-state index < -0.39 is 9.84 Å². The molecule has 2 rings (SSSR count). The van der Waals surface area contributed by atoms with Gasteiger partial charge in [0.1, 0.15) is 0 Å². The summed E-state index contributed by atoms with van der Waals surface area (Å²) in [5.41, 5.74) is 1.91. The van der Waals surface area contributed by atoms with E-state index >= 15 is 0 Å². The molecular formula is C16H24N4O3S. The van der Waals surface area contributed by atoms with Crippen molar-refractivity contribution < 1.29 is 13.2 Å². The number of sulfone groups is 1. The van der Waals surface area contributed by atoms with Crippen molar-refractivity contribution in [2.45, 2.75) is 25.8 Å². The van der Waals surface area contributed by atoms with E-state index in [1.807, 2.05) is 24.3 Å². The second kappa shape index (κ2) is 8.14. The Balaban J connectivity index is 1.76. The lowest BCUT2D eigenvalue weighted by Gasteiger charge is -2.16. The minimum Gasteiger partial charge on any atom is -0.356 e. The average Bonchev–Trinajstić information content (AvgIpc) is 2.86. The van der Waals surface area contributed by atoms with Gasteiger partial charge in [-0.2, -0.15) is 0 Å². The molecule has 1 aliphatic rings. The van der Waals surface area contributed by atoms with Gasteiger partial charge < -0.3 is 16.0 Å². The predicted molar refractivity (Wildman–Crippen MR) is 96.0 cm³/mol. The summed E-state index contributed by atoms with van der Waals surface area (Å²) in [5.74, 6) is 0.931. The van der Waals surface area contributed by atoms with Gasteiger partial charge in [-0.25, -0.2) is 8.42 Å². The highest BCUT2D eigenvalue weighted by Gasteiger charge is 2.28. The standard InChI is InChI=1S/C16H24N4O3S/c1-12(21)19-14-5-3-13(4-6-14)7-9-18-16(17-2)20-15-8-10-24(22,23)11-15/h3-6,15H,7-11H2,1-2H3,(H,19,21)(H2,17,18,20). The van der Waals surface area contributed by atoms with Crippen molar-refractivity contribution in [2.24, 2.45) is 4.99 Å². The van der Waals surface area contributed by atoms with Crippen LogP contribution in [0.4, 0.5) is 5.69 Å². The molecule has 7 nitrogen and oxygen atoms in total. The summed E-state index contributed by atoms with van der Waals surface area (Å²) in [6.07, 6.45) is 1.41. The Morgan fingerprint density at radius 3 is 2.54 bits per heavy atom. The quantitative estimate of drug-likeness (QED) is 0.530. The van der Waals surface area contributed by atoms with Gasteiger partial charge in [0.15, 0.2) is 15.8 Å². The van der Waals surface area contributed by atoms with Gasteiger partial charge in [-0.3, -0.25) is 9.79 Å². The number of carbonyl (C=O) groups is 1. The Labute approximate surface area is 142 Å². The van der Waals surface area contributed by atoms with E-state index in [-0.39, 0.29) is 23.5 Å². The zero-order valence-electron chi connectivity index (χ0n) is 14.0. The fourth-order valence-electron chi connectivity index (χ4n) is 2.58. The van der Waals surface area contributed by atoms with Crippen molar-refractivity contribution in [2.75, 3.05) is 30.4 Å². The van der Waals surface area contributed by atoms with E-state index in [1.54, 1.807) is 7.05 Å². The number of rotatable bonds is 5. The molecule has 1 aromatic carbocycles. The number of anilines is 1. The highest BCUT2D eigenvalue weighted by atomic mass is 32.2. The summed E-state index contributed by atoms with van der Waals surface area (Å²) in [6, 6.07) is 7.60. The minimum atomic E-state index is -2.90. The Kier molecular flexibility index (Phi) is 6.19. The number of amides is 1. The topological polar surface area (TPSA) is 99.7 Å². The molecule has 0 spiro atoms. The number of benzene rings is 1. The first kappa shape index (κ1) is 18.3. The number of nitrogens with zero attached hydrogens (tertiary/aromatic N) is 1. The number of nitrogens with one attached hydrogen (secondary N) is 3. The fourth-order valence-corrected chi connectivity index (χ4v) is 4.25. The van der Waals surface area contributed by atoms with Crippen LogP contribution in [0.2, 0.25) is 0 Å². The molecule has 1 aromatic rings. The highest BCUT2D eigenvalue weighted by molar-refractivity contribution is 7.91. The van der Waals surface area contributed by atoms with E-state index in [9.17, 15) is 13.2 Å². The van der Waals surface area contributed by atoms with E-state index in [1.165, 1.54) is 6.92 Å². The Morgan fingerprint density at radius 2 is 2.00 bits per heavy atom. The molecule has 132 valence electrons. The lowest BCUT2D eigenvalue weighted by molar-refractivity contribution is -0.114. The van der Waals surface area contributed by atoms with Crippen LogP contribution in [0.1, 0.15) is 18.9 Å². The molecule has 24 heavy (non-hydrogen) atoms. The Bertz CT molecular complexity index is 699. The van der Waals surface area contributed by atoms with Crippen LogP contribution in [0.25, 0.3) is 0 Å². The molecule has 1 unspecified atom stereocenters. The van der Waals surface area contributed by atoms with E-state index in [2.05, 4.69) is 20.9 Å². The van der Waals surface area contributed by atoms with Crippen LogP contribution in [-0.2, 0) is 21.1 Å². The van der Waals surface area contributed by atoms with Crippen LogP contribution in [0.15, 0.2) is 29.3 Å². The molecule has 1 fully saturated rings. The van der Waals surface area contributed by atoms with Gasteiger partial charge in [-0.05, 0) is 30.5 Å². The number of carbonyl (C=O) groups excluding carboxylic acids is 1. The molecule has 0 saturated carbocycles. The van der Waals surface area contributed by atoms with Crippen LogP contribution < -0.4 is 16.0 Å². The largest absolute Gasteiger partial charge is 0.356 e. The van der Waals surface area contributed by atoms with Gasteiger partial charge in [-0.15, -0.1) is 0 Å². The van der Waals surface area contributed by atoms with Crippen LogP contribution in [0.3, 0.4) is 0 Å². The molecule has 0 aromatic heterocycles. The Morgan fingerprint density at radius 1 is 1.29 bits per heavy atom. The molecule has 1 saturated heterocycles. The molecular weight excluding hydrogens is 328 g/mol. The summed E-state index contributed by atoms with van der Waals surface area (Å²) in [7, 11) is -1.23. The third kappa shape index (κ3) is 5.84. The summed E-state index contributed by atoms with van der Waals surface area (Å²) >= 11 is 0. The minimum absolute atomic E-state index is 0.0712. The fraction of sp³-hybridized carbons (Fsp3) is 0.500. The maximum Gasteiger partial charge on any atom is 0.221 e. The van der Waals surface area contributed by atoms with Gasteiger partial charge in [0.2, 0.25) is 5.91 Å². The van der Waals surface area contributed by atoms with Crippen molar-refractivity contribution in [3.05, 3.63) is 29.8 Å². The van der Waals surface area contributed by atoms with Gasteiger partial charge in [0.05, 0.1) is 11.5 Å². The second-order valence-electron chi connectivity index (χ2n) is 5.87. The molecule has 0 aliphatic carbocycles. The SMILES string of the molecule is CN=C(NCCc1ccc(NC(C)=O)cc1)NC1CCS(=O)(=O)C1. The number of aliphatic imine (C=N–C) groups is 1. The Hall–Kier alpha value is -2.09. The molecule has 0 bridgehead atoms. The average molecular weight is 352 g/mol. The molecule has 1 aliphatic heterocycles. The summed E-state index contributed by atoms with van der Waals surface area (Å²) in [5, 5.41) is 9.07. The summed E-state index contributed by atoms with van der Waals surface area (Å²) < 4.78 is 23.0. The summed E-state index contributed by atoms with van der Waals surface area (Å²) in [6.45, 7) is 2.16. The lowest BCUT2D eigenvalue weighted by Crippen LogP contribution is -2.44. The van der Waals surface area contributed by atoms with E-state index in [0.29, 0.717) is 18.9 Å². The van der Waals surface area contributed by atoms with Gasteiger partial charge in [-0.1, -0.05) is 12.1 Å². The van der Waals surface area contributed by atoms with Crippen LogP contribution in [-0.4, -0.2) is 51.4 Å². The zero-order chi connectivity index (χ0) is 17.6. The normalized spacial score (nSPS) is 19.8. The van der Waals surface area contributed by atoms with Gasteiger partial charge in [0, 0.05) is 32.2 Å². The van der Waals surface area contributed by atoms with Crippen molar-refractivity contribution in [3.63, 3.8) is 0 Å². The van der Waals surface area contributed by atoms with E-state index in [0.717, 1.165) is 17.7 Å². The molecule has 1 amide bonds. The van der Waals surface area contributed by atoms with Crippen LogP contribution in [0, 0.1) is 0 Å². The van der Waals surface area contributed by atoms with Crippen molar-refractivity contribution in [3.8, 4) is 0 Å². The zero-order valence-corrected chi connectivity index (χ0v) is 14.8. The molecule has 8 heteroatoms. The van der Waals surface area contributed by atoms with Crippen molar-refractivity contribution in [1.82, 2.24) is 10.6 Å². The monoisotopic (exact) mass is 352 g/mol. The van der Waals surface area contributed by atoms with Gasteiger partial charge >= 0.3 is 0 Å². The molecule has 1 atom stereocenters. The number of hydrogen-bond acceptors (Lipinski definition) is 4. The third-order valence-electron chi connectivity index (χ3n) is 3.78. The van der Waals surface area contributed by atoms with Crippen molar-refractivity contribution in [1.29, 1.82) is 0 Å². The maximum atomic E-state index is 11.5. The number of hydrogen-bond donors (Lipinski definition) is 3. The van der Waals surface area contributed by atoms with Gasteiger partial charge in [0.25, 0.3) is 0 Å². The molecule has 0 radical (unpaired) electrons. The smallest absolute Gasteiger partial charge is 0.221 e. The number of guanidine groups is 1. The van der Waals surface area contributed by atoms with Crippen LogP contribution >= 0.6 is 0 Å². The molecule has 1 heterocycles. The molecule has 3 N–H and O–H groups in total.